The van der Waals surface area contributed by atoms with Crippen LogP contribution in [-0.2, 0) is 4.74 Å². The minimum Gasteiger partial charge on any atom is -0.492 e. The molecular weight excluding hydrogens is 252 g/mol. The van der Waals surface area contributed by atoms with Crippen molar-refractivity contribution in [2.24, 2.45) is 5.92 Å². The molecule has 108 valence electrons. The van der Waals surface area contributed by atoms with Gasteiger partial charge in [0.25, 0.3) is 0 Å². The first-order valence-electron chi connectivity index (χ1n) is 7.23. The van der Waals surface area contributed by atoms with E-state index in [1.54, 1.807) is 12.1 Å². The first kappa shape index (κ1) is 14.8. The van der Waals surface area contributed by atoms with Crippen LogP contribution in [0.1, 0.15) is 25.3 Å². The third-order valence-electron chi connectivity index (χ3n) is 3.70. The summed E-state index contributed by atoms with van der Waals surface area (Å²) in [5.41, 5.74) is 0.628. The van der Waals surface area contributed by atoms with E-state index < -0.39 is 0 Å². The topological polar surface area (TPSA) is 54.3 Å². The lowest BCUT2D eigenvalue weighted by Crippen LogP contribution is -2.39. The van der Waals surface area contributed by atoms with Crippen LogP contribution in [0.4, 0.5) is 0 Å². The highest BCUT2D eigenvalue weighted by Gasteiger charge is 2.19. The van der Waals surface area contributed by atoms with E-state index in [4.69, 9.17) is 14.7 Å². The van der Waals surface area contributed by atoms with Gasteiger partial charge in [-0.25, -0.2) is 0 Å². The Kier molecular flexibility index (Phi) is 5.85. The standard InChI is InChI=1S/C16H22N2O2/c1-13(15-5-3-8-19-12-15)18-7-9-20-16-6-2-4-14(10-16)11-17/h2,4,6,10,13,15,18H,3,5,7-9,12H2,1H3/t13-,15-/m1/s1. The maximum atomic E-state index is 8.82. The molecule has 2 atom stereocenters. The van der Waals surface area contributed by atoms with E-state index in [-0.39, 0.29) is 0 Å². The summed E-state index contributed by atoms with van der Waals surface area (Å²) in [7, 11) is 0. The van der Waals surface area contributed by atoms with Crippen LogP contribution in [0.3, 0.4) is 0 Å². The number of ether oxygens (including phenoxy) is 2. The van der Waals surface area contributed by atoms with Gasteiger partial charge in [-0.2, -0.15) is 5.26 Å². The number of nitrogens with one attached hydrogen (secondary N) is 1. The molecule has 1 aliphatic heterocycles. The lowest BCUT2D eigenvalue weighted by molar-refractivity contribution is 0.0415. The van der Waals surface area contributed by atoms with Crippen LogP contribution in [0.5, 0.6) is 5.75 Å². The fourth-order valence-electron chi connectivity index (χ4n) is 2.44. The molecule has 0 amide bonds. The van der Waals surface area contributed by atoms with Crippen molar-refractivity contribution in [3.63, 3.8) is 0 Å². The monoisotopic (exact) mass is 274 g/mol. The van der Waals surface area contributed by atoms with Crippen molar-refractivity contribution in [1.82, 2.24) is 5.32 Å². The summed E-state index contributed by atoms with van der Waals surface area (Å²) in [6.45, 7) is 5.37. The van der Waals surface area contributed by atoms with Crippen molar-refractivity contribution in [1.29, 1.82) is 5.26 Å². The van der Waals surface area contributed by atoms with Crippen LogP contribution in [0, 0.1) is 17.2 Å². The number of hydrogen-bond donors (Lipinski definition) is 1. The number of benzene rings is 1. The molecule has 0 saturated carbocycles. The maximum Gasteiger partial charge on any atom is 0.120 e. The lowest BCUT2D eigenvalue weighted by atomic mass is 9.95. The number of nitriles is 1. The molecule has 1 saturated heterocycles. The molecule has 0 bridgehead atoms. The second-order valence-electron chi connectivity index (χ2n) is 5.21. The van der Waals surface area contributed by atoms with Gasteiger partial charge in [0.15, 0.2) is 0 Å². The van der Waals surface area contributed by atoms with Gasteiger partial charge < -0.3 is 14.8 Å². The molecule has 4 heteroatoms. The van der Waals surface area contributed by atoms with E-state index in [9.17, 15) is 0 Å². The zero-order valence-corrected chi connectivity index (χ0v) is 12.0. The maximum absolute atomic E-state index is 8.82. The summed E-state index contributed by atoms with van der Waals surface area (Å²) in [5.74, 6) is 1.35. The molecule has 1 aromatic rings. The summed E-state index contributed by atoms with van der Waals surface area (Å²) in [6.07, 6.45) is 2.40. The van der Waals surface area contributed by atoms with Crippen LogP contribution in [0.2, 0.25) is 0 Å². The molecule has 0 aromatic heterocycles. The Balaban J connectivity index is 1.66. The van der Waals surface area contributed by atoms with Gasteiger partial charge >= 0.3 is 0 Å². The number of nitrogens with zero attached hydrogens (tertiary/aromatic N) is 1. The normalized spacial score (nSPS) is 20.1. The average Bonchev–Trinajstić information content (AvgIpc) is 2.52. The van der Waals surface area contributed by atoms with Gasteiger partial charge in [-0.05, 0) is 43.9 Å². The predicted octanol–water partition coefficient (Wildman–Crippen LogP) is 2.34. The van der Waals surface area contributed by atoms with Crippen LogP contribution in [0.25, 0.3) is 0 Å². The SMILES string of the molecule is C[C@@H](NCCOc1cccc(C#N)c1)[C@@H]1CCCOC1. The van der Waals surface area contributed by atoms with Gasteiger partial charge in [-0.15, -0.1) is 0 Å². The fourth-order valence-corrected chi connectivity index (χ4v) is 2.44. The molecule has 4 nitrogen and oxygen atoms in total. The molecule has 1 aliphatic rings. The molecule has 1 heterocycles. The molecule has 1 N–H and O–H groups in total. The number of hydrogen-bond acceptors (Lipinski definition) is 4. The highest BCUT2D eigenvalue weighted by atomic mass is 16.5. The minimum absolute atomic E-state index is 0.448. The Morgan fingerprint density at radius 3 is 3.20 bits per heavy atom. The smallest absolute Gasteiger partial charge is 0.120 e. The van der Waals surface area contributed by atoms with Crippen LogP contribution >= 0.6 is 0 Å². The molecule has 0 unspecified atom stereocenters. The van der Waals surface area contributed by atoms with Crippen molar-refractivity contribution >= 4 is 0 Å². The molecule has 0 spiro atoms. The first-order chi connectivity index (χ1) is 9.79. The van der Waals surface area contributed by atoms with Crippen molar-refractivity contribution in [3.8, 4) is 11.8 Å². The fraction of sp³-hybridized carbons (Fsp3) is 0.562. The molecular formula is C16H22N2O2. The van der Waals surface area contributed by atoms with Gasteiger partial charge in [-0.3, -0.25) is 0 Å². The summed E-state index contributed by atoms with van der Waals surface area (Å²) >= 11 is 0. The molecule has 0 radical (unpaired) electrons. The summed E-state index contributed by atoms with van der Waals surface area (Å²) in [6, 6.07) is 9.81. The highest BCUT2D eigenvalue weighted by molar-refractivity contribution is 5.36. The number of rotatable bonds is 6. The molecule has 1 fully saturated rings. The third-order valence-corrected chi connectivity index (χ3v) is 3.70. The zero-order chi connectivity index (χ0) is 14.2. The first-order valence-corrected chi connectivity index (χ1v) is 7.23. The molecule has 2 rings (SSSR count). The summed E-state index contributed by atoms with van der Waals surface area (Å²) < 4.78 is 11.1. The molecule has 1 aromatic carbocycles. The summed E-state index contributed by atoms with van der Waals surface area (Å²) in [5, 5.41) is 12.3. The van der Waals surface area contributed by atoms with E-state index in [0.717, 1.165) is 31.9 Å². The van der Waals surface area contributed by atoms with Crippen LogP contribution < -0.4 is 10.1 Å². The second kappa shape index (κ2) is 7.88. The molecule has 0 aliphatic carbocycles. The van der Waals surface area contributed by atoms with E-state index in [2.05, 4.69) is 18.3 Å². The molecule has 20 heavy (non-hydrogen) atoms. The second-order valence-corrected chi connectivity index (χ2v) is 5.21. The van der Waals surface area contributed by atoms with Gasteiger partial charge in [0.05, 0.1) is 18.2 Å². The Hall–Kier alpha value is -1.57. The van der Waals surface area contributed by atoms with Crippen molar-refractivity contribution in [2.45, 2.75) is 25.8 Å². The quantitative estimate of drug-likeness (QED) is 0.809. The Morgan fingerprint density at radius 2 is 2.45 bits per heavy atom. The Bertz CT molecular complexity index is 450. The van der Waals surface area contributed by atoms with Crippen molar-refractivity contribution < 1.29 is 9.47 Å². The van der Waals surface area contributed by atoms with Gasteiger partial charge in [0, 0.05) is 19.2 Å². The zero-order valence-electron chi connectivity index (χ0n) is 12.0. The average molecular weight is 274 g/mol. The Labute approximate surface area is 120 Å². The van der Waals surface area contributed by atoms with E-state index in [1.807, 2.05) is 12.1 Å². The minimum atomic E-state index is 0.448. The van der Waals surface area contributed by atoms with Gasteiger partial charge in [0.2, 0.25) is 0 Å². The third kappa shape index (κ3) is 4.52. The van der Waals surface area contributed by atoms with E-state index in [1.165, 1.54) is 6.42 Å². The van der Waals surface area contributed by atoms with E-state index in [0.29, 0.717) is 24.1 Å². The van der Waals surface area contributed by atoms with Crippen LogP contribution in [0.15, 0.2) is 24.3 Å². The van der Waals surface area contributed by atoms with Gasteiger partial charge in [0.1, 0.15) is 12.4 Å². The van der Waals surface area contributed by atoms with E-state index >= 15 is 0 Å². The Morgan fingerprint density at radius 1 is 1.55 bits per heavy atom. The summed E-state index contributed by atoms with van der Waals surface area (Å²) in [4.78, 5) is 0. The van der Waals surface area contributed by atoms with Crippen molar-refractivity contribution in [3.05, 3.63) is 29.8 Å². The highest BCUT2D eigenvalue weighted by Crippen LogP contribution is 2.17. The van der Waals surface area contributed by atoms with Crippen molar-refractivity contribution in [2.75, 3.05) is 26.4 Å². The van der Waals surface area contributed by atoms with Gasteiger partial charge in [-0.1, -0.05) is 6.07 Å². The largest absolute Gasteiger partial charge is 0.492 e. The predicted molar refractivity (Wildman–Crippen MR) is 77.7 cm³/mol. The lowest BCUT2D eigenvalue weighted by Gasteiger charge is -2.28. The van der Waals surface area contributed by atoms with Crippen LogP contribution in [-0.4, -0.2) is 32.4 Å².